The molecule has 1 amide bonds. The first-order valence-electron chi connectivity index (χ1n) is 7.05. The number of fused-ring (bicyclic) bond motifs is 1. The minimum absolute atomic E-state index is 0.0629. The molecule has 0 radical (unpaired) electrons. The molecule has 3 aromatic rings. The monoisotopic (exact) mass is 331 g/mol. The Labute approximate surface area is 135 Å². The van der Waals surface area contributed by atoms with Crippen LogP contribution in [0.25, 0.3) is 22.2 Å². The fourth-order valence-electron chi connectivity index (χ4n) is 2.65. The Balaban J connectivity index is 2.40. The predicted molar refractivity (Wildman–Crippen MR) is 83.3 cm³/mol. The first kappa shape index (κ1) is 15.9. The zero-order chi connectivity index (χ0) is 17.3. The maximum Gasteiger partial charge on any atom is 0.393 e. The fraction of sp³-hybridized carbons (Fsp3) is 0.118. The van der Waals surface area contributed by atoms with Gasteiger partial charge in [-0.1, -0.05) is 18.2 Å². The first-order chi connectivity index (χ1) is 11.4. The normalized spacial score (nSPS) is 11.6. The van der Waals surface area contributed by atoms with Gasteiger partial charge >= 0.3 is 6.18 Å². The van der Waals surface area contributed by atoms with E-state index < -0.39 is 18.5 Å². The van der Waals surface area contributed by atoms with Crippen molar-refractivity contribution < 1.29 is 18.0 Å². The zero-order valence-electron chi connectivity index (χ0n) is 12.3. The van der Waals surface area contributed by atoms with Crippen LogP contribution in [0.1, 0.15) is 15.9 Å². The molecule has 2 aromatic heterocycles. The summed E-state index contributed by atoms with van der Waals surface area (Å²) in [5.41, 5.74) is 5.86. The van der Waals surface area contributed by atoms with E-state index in [0.29, 0.717) is 16.5 Å². The molecule has 2 N–H and O–H groups in total. The van der Waals surface area contributed by atoms with Crippen molar-refractivity contribution in [3.8, 4) is 11.3 Å². The fourth-order valence-corrected chi connectivity index (χ4v) is 2.65. The summed E-state index contributed by atoms with van der Waals surface area (Å²) >= 11 is 0. The molecular weight excluding hydrogens is 319 g/mol. The molecule has 0 saturated carbocycles. The average molecular weight is 331 g/mol. The number of nitrogens with two attached hydrogens (primary N) is 1. The lowest BCUT2D eigenvalue weighted by Crippen LogP contribution is -2.21. The van der Waals surface area contributed by atoms with Crippen LogP contribution < -0.4 is 5.73 Å². The molecule has 7 heteroatoms. The van der Waals surface area contributed by atoms with E-state index in [1.807, 2.05) is 0 Å². The first-order valence-corrected chi connectivity index (χ1v) is 7.05. The second kappa shape index (κ2) is 5.92. The number of hydrogen-bond donors (Lipinski definition) is 1. The Morgan fingerprint density at radius 2 is 1.88 bits per heavy atom. The van der Waals surface area contributed by atoms with Crippen LogP contribution in [0.5, 0.6) is 0 Å². The smallest absolute Gasteiger partial charge is 0.366 e. The quantitative estimate of drug-likeness (QED) is 0.798. The van der Waals surface area contributed by atoms with Crippen LogP contribution >= 0.6 is 0 Å². The van der Waals surface area contributed by atoms with E-state index in [0.717, 1.165) is 0 Å². The Bertz CT molecular complexity index is 908. The number of primary amides is 1. The molecule has 0 aliphatic carbocycles. The van der Waals surface area contributed by atoms with Crippen molar-refractivity contribution in [1.29, 1.82) is 0 Å². The number of carbonyl (C=O) groups excluding carboxylic acids is 1. The van der Waals surface area contributed by atoms with Gasteiger partial charge < -0.3 is 5.73 Å². The summed E-state index contributed by atoms with van der Waals surface area (Å²) in [7, 11) is 0. The van der Waals surface area contributed by atoms with E-state index in [1.165, 1.54) is 18.5 Å². The summed E-state index contributed by atoms with van der Waals surface area (Å²) < 4.78 is 39.3. The predicted octanol–water partition coefficient (Wildman–Crippen LogP) is 3.50. The summed E-state index contributed by atoms with van der Waals surface area (Å²) in [4.78, 5) is 20.2. The number of rotatable bonds is 3. The van der Waals surface area contributed by atoms with E-state index in [2.05, 4.69) is 9.97 Å². The van der Waals surface area contributed by atoms with Gasteiger partial charge in [0.2, 0.25) is 5.91 Å². The molecule has 0 unspecified atom stereocenters. The molecule has 2 heterocycles. The lowest BCUT2D eigenvalue weighted by molar-refractivity contribution is -0.127. The summed E-state index contributed by atoms with van der Waals surface area (Å²) in [6.07, 6.45) is -2.90. The highest BCUT2D eigenvalue weighted by molar-refractivity contribution is 6.08. The summed E-state index contributed by atoms with van der Waals surface area (Å²) in [6.45, 7) is 0. The minimum atomic E-state index is -4.51. The number of pyridine rings is 2. The van der Waals surface area contributed by atoms with E-state index >= 15 is 0 Å². The molecule has 24 heavy (non-hydrogen) atoms. The van der Waals surface area contributed by atoms with Crippen molar-refractivity contribution in [3.63, 3.8) is 0 Å². The molecule has 122 valence electrons. The van der Waals surface area contributed by atoms with Gasteiger partial charge in [0.1, 0.15) is 0 Å². The van der Waals surface area contributed by atoms with Crippen molar-refractivity contribution in [2.45, 2.75) is 12.6 Å². The van der Waals surface area contributed by atoms with Gasteiger partial charge in [0.15, 0.2) is 0 Å². The van der Waals surface area contributed by atoms with Crippen LogP contribution in [0, 0.1) is 0 Å². The number of hydrogen-bond acceptors (Lipinski definition) is 3. The standard InChI is InChI=1S/C17H12F3N3O/c18-17(19,20)8-12-14(16(21)24)11-5-1-2-6-13(11)23-15(12)10-4-3-7-22-9-10/h1-7,9H,8H2,(H2,21,24). The van der Waals surface area contributed by atoms with Gasteiger partial charge in [0, 0.05) is 28.9 Å². The Morgan fingerprint density at radius 3 is 2.50 bits per heavy atom. The molecule has 4 nitrogen and oxygen atoms in total. The summed E-state index contributed by atoms with van der Waals surface area (Å²) in [5.74, 6) is -0.919. The molecular formula is C17H12F3N3O. The lowest BCUT2D eigenvalue weighted by atomic mass is 9.94. The van der Waals surface area contributed by atoms with Gasteiger partial charge in [0.05, 0.1) is 23.2 Å². The highest BCUT2D eigenvalue weighted by Gasteiger charge is 2.33. The van der Waals surface area contributed by atoms with Gasteiger partial charge in [-0.25, -0.2) is 4.98 Å². The molecule has 0 spiro atoms. The second-order valence-corrected chi connectivity index (χ2v) is 5.23. The minimum Gasteiger partial charge on any atom is -0.366 e. The number of nitrogens with zero attached hydrogens (tertiary/aromatic N) is 2. The number of carbonyl (C=O) groups is 1. The van der Waals surface area contributed by atoms with E-state index in [4.69, 9.17) is 5.73 Å². The van der Waals surface area contributed by atoms with Crippen molar-refractivity contribution in [2.75, 3.05) is 0 Å². The lowest BCUT2D eigenvalue weighted by Gasteiger charge is -2.16. The third-order valence-electron chi connectivity index (χ3n) is 3.55. The van der Waals surface area contributed by atoms with Gasteiger partial charge in [-0.2, -0.15) is 13.2 Å². The molecule has 3 rings (SSSR count). The van der Waals surface area contributed by atoms with Crippen LogP contribution in [-0.4, -0.2) is 22.1 Å². The van der Waals surface area contributed by atoms with Gasteiger partial charge in [-0.05, 0) is 18.2 Å². The topological polar surface area (TPSA) is 68.9 Å². The molecule has 0 atom stereocenters. The molecule has 0 bridgehead atoms. The molecule has 0 aliphatic heterocycles. The molecule has 0 saturated heterocycles. The summed E-state index contributed by atoms with van der Waals surface area (Å²) in [6, 6.07) is 9.66. The third-order valence-corrected chi connectivity index (χ3v) is 3.55. The number of alkyl halides is 3. The third kappa shape index (κ3) is 3.05. The van der Waals surface area contributed by atoms with Crippen molar-refractivity contribution in [1.82, 2.24) is 9.97 Å². The molecule has 1 aromatic carbocycles. The number of amides is 1. The SMILES string of the molecule is NC(=O)c1c(CC(F)(F)F)c(-c2cccnc2)nc2ccccc12. The number of para-hydroxylation sites is 1. The van der Waals surface area contributed by atoms with E-state index in [1.54, 1.807) is 30.3 Å². The van der Waals surface area contributed by atoms with Gasteiger partial charge in [-0.15, -0.1) is 0 Å². The highest BCUT2D eigenvalue weighted by Crippen LogP contribution is 2.34. The van der Waals surface area contributed by atoms with E-state index in [9.17, 15) is 18.0 Å². The van der Waals surface area contributed by atoms with Crippen molar-refractivity contribution >= 4 is 16.8 Å². The Hall–Kier alpha value is -2.96. The van der Waals surface area contributed by atoms with E-state index in [-0.39, 0.29) is 16.8 Å². The number of halogens is 3. The average Bonchev–Trinajstić information content (AvgIpc) is 2.53. The maximum atomic E-state index is 13.1. The van der Waals surface area contributed by atoms with Crippen LogP contribution in [-0.2, 0) is 6.42 Å². The van der Waals surface area contributed by atoms with Crippen LogP contribution in [0.4, 0.5) is 13.2 Å². The highest BCUT2D eigenvalue weighted by atomic mass is 19.4. The second-order valence-electron chi connectivity index (χ2n) is 5.23. The Kier molecular flexibility index (Phi) is 3.92. The Morgan fingerprint density at radius 1 is 1.12 bits per heavy atom. The molecule has 0 aliphatic rings. The van der Waals surface area contributed by atoms with Crippen molar-refractivity contribution in [2.24, 2.45) is 5.73 Å². The van der Waals surface area contributed by atoms with Crippen LogP contribution in [0.15, 0.2) is 48.8 Å². The van der Waals surface area contributed by atoms with Crippen LogP contribution in [0.2, 0.25) is 0 Å². The van der Waals surface area contributed by atoms with Gasteiger partial charge in [0.25, 0.3) is 0 Å². The summed E-state index contributed by atoms with van der Waals surface area (Å²) in [5, 5.41) is 0.303. The number of benzene rings is 1. The van der Waals surface area contributed by atoms with Gasteiger partial charge in [-0.3, -0.25) is 9.78 Å². The van der Waals surface area contributed by atoms with Crippen LogP contribution in [0.3, 0.4) is 0 Å². The number of aromatic nitrogens is 2. The molecule has 0 fully saturated rings. The zero-order valence-corrected chi connectivity index (χ0v) is 12.3. The maximum absolute atomic E-state index is 13.1. The largest absolute Gasteiger partial charge is 0.393 e. The van der Waals surface area contributed by atoms with Crippen molar-refractivity contribution in [3.05, 3.63) is 59.9 Å².